The molecule has 3 aromatic rings. The molecule has 0 aliphatic rings. The SMILES string of the molecule is Cc1ccc(Br)c(C(N)Cc2nc3ccccc3s2)c1. The van der Waals surface area contributed by atoms with Crippen LogP contribution in [0.5, 0.6) is 0 Å². The van der Waals surface area contributed by atoms with Crippen molar-refractivity contribution >= 4 is 37.5 Å². The Hall–Kier alpha value is -1.23. The number of benzene rings is 2. The number of fused-ring (bicyclic) bond motifs is 1. The molecule has 0 spiro atoms. The van der Waals surface area contributed by atoms with Gasteiger partial charge in [-0.3, -0.25) is 0 Å². The fourth-order valence-corrected chi connectivity index (χ4v) is 3.82. The zero-order valence-corrected chi connectivity index (χ0v) is 13.5. The van der Waals surface area contributed by atoms with Gasteiger partial charge in [-0.25, -0.2) is 4.98 Å². The highest BCUT2D eigenvalue weighted by molar-refractivity contribution is 9.10. The summed E-state index contributed by atoms with van der Waals surface area (Å²) in [7, 11) is 0. The number of hydrogen-bond acceptors (Lipinski definition) is 3. The Morgan fingerprint density at radius 3 is 2.85 bits per heavy atom. The Morgan fingerprint density at radius 2 is 2.05 bits per heavy atom. The number of aromatic nitrogens is 1. The molecule has 102 valence electrons. The van der Waals surface area contributed by atoms with E-state index in [1.165, 1.54) is 10.3 Å². The highest BCUT2D eigenvalue weighted by Gasteiger charge is 2.13. The van der Waals surface area contributed by atoms with E-state index in [1.807, 2.05) is 18.2 Å². The third-order valence-electron chi connectivity index (χ3n) is 3.28. The predicted octanol–water partition coefficient (Wildman–Crippen LogP) is 4.61. The summed E-state index contributed by atoms with van der Waals surface area (Å²) in [5, 5.41) is 1.09. The van der Waals surface area contributed by atoms with E-state index in [0.29, 0.717) is 0 Å². The largest absolute Gasteiger partial charge is 0.324 e. The summed E-state index contributed by atoms with van der Waals surface area (Å²) in [4.78, 5) is 4.65. The second kappa shape index (κ2) is 5.64. The molecule has 0 aliphatic carbocycles. The molecule has 2 nitrogen and oxygen atoms in total. The maximum Gasteiger partial charge on any atom is 0.0957 e. The maximum atomic E-state index is 6.36. The van der Waals surface area contributed by atoms with Gasteiger partial charge in [-0.1, -0.05) is 45.8 Å². The van der Waals surface area contributed by atoms with Crippen LogP contribution in [0.4, 0.5) is 0 Å². The first kappa shape index (κ1) is 13.7. The molecule has 2 aromatic carbocycles. The van der Waals surface area contributed by atoms with Gasteiger partial charge in [0.15, 0.2) is 0 Å². The average Bonchev–Trinajstić information content (AvgIpc) is 2.83. The minimum atomic E-state index is -0.0372. The lowest BCUT2D eigenvalue weighted by Gasteiger charge is -2.13. The lowest BCUT2D eigenvalue weighted by molar-refractivity contribution is 0.715. The minimum Gasteiger partial charge on any atom is -0.324 e. The first-order valence-electron chi connectivity index (χ1n) is 6.49. The van der Waals surface area contributed by atoms with Crippen LogP contribution in [0.3, 0.4) is 0 Å². The first-order valence-corrected chi connectivity index (χ1v) is 8.10. The fourth-order valence-electron chi connectivity index (χ4n) is 2.25. The number of rotatable bonds is 3. The van der Waals surface area contributed by atoms with E-state index in [4.69, 9.17) is 5.73 Å². The van der Waals surface area contributed by atoms with Gasteiger partial charge < -0.3 is 5.73 Å². The summed E-state index contributed by atoms with van der Waals surface area (Å²) < 4.78 is 2.29. The Kier molecular flexibility index (Phi) is 3.87. The van der Waals surface area contributed by atoms with Gasteiger partial charge in [0.25, 0.3) is 0 Å². The Bertz CT molecular complexity index is 718. The van der Waals surface area contributed by atoms with Crippen LogP contribution in [0.1, 0.15) is 22.2 Å². The van der Waals surface area contributed by atoms with Crippen molar-refractivity contribution in [3.8, 4) is 0 Å². The molecule has 0 aliphatic heterocycles. The number of hydrogen-bond donors (Lipinski definition) is 1. The lowest BCUT2D eigenvalue weighted by Crippen LogP contribution is -2.14. The summed E-state index contributed by atoms with van der Waals surface area (Å²) in [5.74, 6) is 0. The fraction of sp³-hybridized carbons (Fsp3) is 0.188. The number of halogens is 1. The van der Waals surface area contributed by atoms with E-state index in [-0.39, 0.29) is 6.04 Å². The minimum absolute atomic E-state index is 0.0372. The van der Waals surface area contributed by atoms with Crippen LogP contribution < -0.4 is 5.73 Å². The molecule has 2 N–H and O–H groups in total. The quantitative estimate of drug-likeness (QED) is 0.751. The molecule has 0 amide bonds. The van der Waals surface area contributed by atoms with E-state index in [1.54, 1.807) is 11.3 Å². The number of nitrogens with two attached hydrogens (primary N) is 1. The van der Waals surface area contributed by atoms with Gasteiger partial charge in [0.1, 0.15) is 0 Å². The molecule has 1 aromatic heterocycles. The van der Waals surface area contributed by atoms with Crippen molar-refractivity contribution < 1.29 is 0 Å². The summed E-state index contributed by atoms with van der Waals surface area (Å²) in [6.45, 7) is 2.08. The van der Waals surface area contributed by atoms with Crippen molar-refractivity contribution in [2.45, 2.75) is 19.4 Å². The third kappa shape index (κ3) is 2.77. The van der Waals surface area contributed by atoms with Gasteiger partial charge in [-0.05, 0) is 30.7 Å². The molecule has 0 fully saturated rings. The van der Waals surface area contributed by atoms with Crippen LogP contribution in [-0.2, 0) is 6.42 Å². The standard InChI is InChI=1S/C16H15BrN2S/c1-10-6-7-12(17)11(8-10)13(18)9-16-19-14-4-2-3-5-15(14)20-16/h2-8,13H,9,18H2,1H3. The Balaban J connectivity index is 1.88. The van der Waals surface area contributed by atoms with E-state index < -0.39 is 0 Å². The zero-order chi connectivity index (χ0) is 14.1. The Morgan fingerprint density at radius 1 is 1.25 bits per heavy atom. The molecule has 20 heavy (non-hydrogen) atoms. The molecule has 1 unspecified atom stereocenters. The molecular weight excluding hydrogens is 332 g/mol. The van der Waals surface area contributed by atoms with Gasteiger partial charge in [0, 0.05) is 16.9 Å². The zero-order valence-electron chi connectivity index (χ0n) is 11.1. The number of nitrogens with zero attached hydrogens (tertiary/aromatic N) is 1. The van der Waals surface area contributed by atoms with Gasteiger partial charge in [-0.15, -0.1) is 11.3 Å². The maximum absolute atomic E-state index is 6.36. The molecule has 0 saturated carbocycles. The molecular formula is C16H15BrN2S. The van der Waals surface area contributed by atoms with Crippen molar-refractivity contribution in [2.24, 2.45) is 5.73 Å². The highest BCUT2D eigenvalue weighted by Crippen LogP contribution is 2.28. The van der Waals surface area contributed by atoms with Gasteiger partial charge >= 0.3 is 0 Å². The lowest BCUT2D eigenvalue weighted by atomic mass is 10.0. The van der Waals surface area contributed by atoms with Crippen LogP contribution in [0.15, 0.2) is 46.9 Å². The average molecular weight is 347 g/mol. The van der Waals surface area contributed by atoms with Crippen molar-refractivity contribution in [1.82, 2.24) is 4.98 Å². The van der Waals surface area contributed by atoms with Gasteiger partial charge in [0.2, 0.25) is 0 Å². The Labute approximate surface area is 130 Å². The molecule has 3 rings (SSSR count). The van der Waals surface area contributed by atoms with E-state index in [0.717, 1.165) is 27.0 Å². The van der Waals surface area contributed by atoms with Crippen LogP contribution in [0.25, 0.3) is 10.2 Å². The number of thiazole rings is 1. The summed E-state index contributed by atoms with van der Waals surface area (Å²) in [6, 6.07) is 14.5. The molecule has 0 bridgehead atoms. The molecule has 0 radical (unpaired) electrons. The summed E-state index contributed by atoms with van der Waals surface area (Å²) in [5.41, 5.74) is 9.78. The smallest absolute Gasteiger partial charge is 0.0957 e. The first-order chi connectivity index (χ1) is 9.63. The van der Waals surface area contributed by atoms with Crippen LogP contribution in [0, 0.1) is 6.92 Å². The van der Waals surface area contributed by atoms with E-state index in [2.05, 4.69) is 52.1 Å². The van der Waals surface area contributed by atoms with E-state index in [9.17, 15) is 0 Å². The van der Waals surface area contributed by atoms with Crippen molar-refractivity contribution in [2.75, 3.05) is 0 Å². The van der Waals surface area contributed by atoms with Crippen molar-refractivity contribution in [1.29, 1.82) is 0 Å². The van der Waals surface area contributed by atoms with Crippen LogP contribution in [0.2, 0.25) is 0 Å². The highest BCUT2D eigenvalue weighted by atomic mass is 79.9. The molecule has 0 saturated heterocycles. The number of para-hydroxylation sites is 1. The second-order valence-corrected chi connectivity index (χ2v) is 6.88. The number of aryl methyl sites for hydroxylation is 1. The van der Waals surface area contributed by atoms with Crippen LogP contribution in [-0.4, -0.2) is 4.98 Å². The monoisotopic (exact) mass is 346 g/mol. The summed E-state index contributed by atoms with van der Waals surface area (Å²) in [6.07, 6.45) is 0.765. The predicted molar refractivity (Wildman–Crippen MR) is 89.1 cm³/mol. The molecule has 1 atom stereocenters. The van der Waals surface area contributed by atoms with Crippen LogP contribution >= 0.6 is 27.3 Å². The topological polar surface area (TPSA) is 38.9 Å². The molecule has 1 heterocycles. The summed E-state index contributed by atoms with van der Waals surface area (Å²) >= 11 is 5.31. The normalized spacial score (nSPS) is 12.8. The third-order valence-corrected chi connectivity index (χ3v) is 5.06. The van der Waals surface area contributed by atoms with Gasteiger partial charge in [-0.2, -0.15) is 0 Å². The van der Waals surface area contributed by atoms with Crippen molar-refractivity contribution in [3.05, 3.63) is 63.1 Å². The van der Waals surface area contributed by atoms with Crippen molar-refractivity contribution in [3.63, 3.8) is 0 Å². The van der Waals surface area contributed by atoms with E-state index >= 15 is 0 Å². The molecule has 4 heteroatoms. The van der Waals surface area contributed by atoms with Gasteiger partial charge in [0.05, 0.1) is 15.2 Å². The second-order valence-electron chi connectivity index (χ2n) is 4.91.